The normalized spacial score (nSPS) is 38.3. The van der Waals surface area contributed by atoms with E-state index in [9.17, 15) is 35.0 Å². The predicted molar refractivity (Wildman–Crippen MR) is 270 cm³/mol. The van der Waals surface area contributed by atoms with Gasteiger partial charge in [0.1, 0.15) is 35.3 Å². The topological polar surface area (TPSA) is 231 Å². The molecule has 19 heteroatoms. The second-order valence-electron chi connectivity index (χ2n) is 22.3. The number of benzene rings is 1. The summed E-state index contributed by atoms with van der Waals surface area (Å²) in [5.74, 6) is -1.05. The van der Waals surface area contributed by atoms with Gasteiger partial charge in [-0.15, -0.1) is 5.10 Å². The molecule has 3 N–H and O–H groups in total. The fourth-order valence-corrected chi connectivity index (χ4v) is 12.2. The fraction of sp³-hybridized carbons (Fsp3) is 0.778. The summed E-state index contributed by atoms with van der Waals surface area (Å²) in [5.41, 5.74) is -2.24. The molecule has 73 heavy (non-hydrogen) atoms. The molecule has 0 spiro atoms. The van der Waals surface area contributed by atoms with Gasteiger partial charge in [0, 0.05) is 94.7 Å². The van der Waals surface area contributed by atoms with E-state index in [2.05, 4.69) is 39.2 Å². The number of Topliss-reactive ketones (excluding diaryl/α,β-unsaturated/α-hetero) is 1. The number of cyclic esters (lactones) is 1. The van der Waals surface area contributed by atoms with Crippen molar-refractivity contribution in [2.24, 2.45) is 29.6 Å². The number of ketones is 1. The van der Waals surface area contributed by atoms with Crippen LogP contribution < -0.4 is 0 Å². The Balaban J connectivity index is 1.16. The van der Waals surface area contributed by atoms with Gasteiger partial charge in [-0.1, -0.05) is 52.0 Å². The first-order valence-corrected chi connectivity index (χ1v) is 26.4. The number of hydrogen-bond acceptors (Lipinski definition) is 17. The monoisotopic (exact) mass is 1020 g/mol. The number of hydrogen-bond donors (Lipinski definition) is 3. The molecule has 4 saturated heterocycles. The highest BCUT2D eigenvalue weighted by atomic mass is 16.7. The number of aromatic nitrogens is 3. The summed E-state index contributed by atoms with van der Waals surface area (Å²) in [6, 6.07) is 7.15. The Morgan fingerprint density at radius 1 is 0.973 bits per heavy atom. The standard InChI is InChI=1S/C54H84N6O13/c1-13-45-53(9,65)49(62)37(6)48(61)34(3)28-54(69-12,27-33(2)47(36(5)51(64)73-45)44-29-52(8,68-11)50(63)38(7)72-44)21-24-70-46-26-43(25-35(4)71-46)57(10)23-20-40-31-59(56-55-40)32-42-15-14-22-58(42)30-39-16-18-41(19-17-39)60(66)67/h16-19,31,33-38,42-47,49-50,62-63,65H,13-15,20,22-23,25-30,32H2,1-12H3/t33-,34-,35-,36?,37+,38+,42+,43+,44?,45-,46-,47+,49-,50+,52-,53-,54+/m1/s1. The number of likely N-dealkylation sites (N-methyl/N-ethyl adjacent to an activating group) is 1. The van der Waals surface area contributed by atoms with E-state index in [0.717, 1.165) is 50.2 Å². The molecule has 0 saturated carbocycles. The Morgan fingerprint density at radius 2 is 1.68 bits per heavy atom. The third-order valence-corrected chi connectivity index (χ3v) is 16.8. The minimum atomic E-state index is -1.96. The first kappa shape index (κ1) is 58.2. The van der Waals surface area contributed by atoms with Crippen molar-refractivity contribution in [2.75, 3.05) is 34.4 Å². The zero-order valence-corrected chi connectivity index (χ0v) is 45.3. The van der Waals surface area contributed by atoms with Gasteiger partial charge in [-0.25, -0.2) is 0 Å². The molecule has 0 radical (unpaired) electrons. The molecular weight excluding hydrogens is 941 g/mol. The minimum absolute atomic E-state index is 0.0882. The summed E-state index contributed by atoms with van der Waals surface area (Å²) < 4.78 is 39.3. The number of esters is 1. The van der Waals surface area contributed by atoms with Crippen molar-refractivity contribution >= 4 is 17.4 Å². The highest BCUT2D eigenvalue weighted by Gasteiger charge is 2.53. The Bertz CT molecular complexity index is 2220. The number of carbonyl (C=O) groups excluding carboxylic acids is 2. The number of carbonyl (C=O) groups is 2. The van der Waals surface area contributed by atoms with Gasteiger partial charge >= 0.3 is 5.97 Å². The molecular formula is C54H84N6O13. The molecule has 4 aliphatic heterocycles. The van der Waals surface area contributed by atoms with Crippen molar-refractivity contribution < 1.29 is 58.3 Å². The van der Waals surface area contributed by atoms with E-state index < -0.39 is 83.3 Å². The Hall–Kier alpha value is -4.10. The average Bonchev–Trinajstić information content (AvgIpc) is 4.01. The number of non-ortho nitro benzene ring substituents is 1. The molecule has 1 aromatic heterocycles. The molecule has 1 aromatic carbocycles. The molecule has 0 aliphatic carbocycles. The number of nitro benzene ring substituents is 1. The molecule has 17 atom stereocenters. The number of aliphatic hydroxyl groups is 3. The molecule has 0 amide bonds. The van der Waals surface area contributed by atoms with Crippen LogP contribution in [0, 0.1) is 51.7 Å². The lowest BCUT2D eigenvalue weighted by Gasteiger charge is -2.49. The van der Waals surface area contributed by atoms with Gasteiger partial charge in [-0.3, -0.25) is 29.3 Å². The van der Waals surface area contributed by atoms with Crippen molar-refractivity contribution in [3.63, 3.8) is 0 Å². The van der Waals surface area contributed by atoms with E-state index in [1.54, 1.807) is 53.9 Å². The number of methoxy groups -OCH3 is 2. The van der Waals surface area contributed by atoms with Gasteiger partial charge < -0.3 is 48.6 Å². The summed E-state index contributed by atoms with van der Waals surface area (Å²) in [4.78, 5) is 44.0. The molecule has 6 rings (SSSR count). The van der Waals surface area contributed by atoms with Gasteiger partial charge in [0.2, 0.25) is 6.29 Å². The molecule has 2 unspecified atom stereocenters. The lowest BCUT2D eigenvalue weighted by Crippen LogP contribution is -2.59. The van der Waals surface area contributed by atoms with E-state index >= 15 is 0 Å². The van der Waals surface area contributed by atoms with Crippen LogP contribution in [0.1, 0.15) is 125 Å². The number of nitrogens with zero attached hydrogens (tertiary/aromatic N) is 6. The van der Waals surface area contributed by atoms with E-state index in [1.165, 1.54) is 14.0 Å². The van der Waals surface area contributed by atoms with Crippen LogP contribution in [0.5, 0.6) is 0 Å². The highest BCUT2D eigenvalue weighted by molar-refractivity contribution is 5.83. The zero-order valence-electron chi connectivity index (χ0n) is 45.3. The van der Waals surface area contributed by atoms with Crippen LogP contribution in [0.4, 0.5) is 5.69 Å². The van der Waals surface area contributed by atoms with Crippen molar-refractivity contribution in [3.8, 4) is 12.0 Å². The third kappa shape index (κ3) is 13.9. The van der Waals surface area contributed by atoms with Gasteiger partial charge in [0.05, 0.1) is 53.1 Å². The maximum atomic E-state index is 14.3. The summed E-state index contributed by atoms with van der Waals surface area (Å²) in [6.07, 6.45) is 4.25. The molecule has 408 valence electrons. The van der Waals surface area contributed by atoms with E-state index in [1.807, 2.05) is 43.8 Å². The van der Waals surface area contributed by atoms with Crippen LogP contribution in [0.2, 0.25) is 0 Å². The smallest absolute Gasteiger partial charge is 0.309 e. The summed E-state index contributed by atoms with van der Waals surface area (Å²) in [7, 11) is 5.17. The van der Waals surface area contributed by atoms with Crippen molar-refractivity contribution in [1.82, 2.24) is 24.8 Å². The number of aliphatic hydroxyl groups excluding tert-OH is 2. The summed E-state index contributed by atoms with van der Waals surface area (Å²) in [6.45, 7) is 19.0. The number of ether oxygens (including phenoxy) is 6. The Labute approximate surface area is 432 Å². The summed E-state index contributed by atoms with van der Waals surface area (Å²) in [5, 5.41) is 54.7. The van der Waals surface area contributed by atoms with Crippen molar-refractivity contribution in [3.05, 3.63) is 51.8 Å². The van der Waals surface area contributed by atoms with Crippen LogP contribution in [0.3, 0.4) is 0 Å². The zero-order chi connectivity index (χ0) is 53.6. The van der Waals surface area contributed by atoms with Gasteiger partial charge in [0.15, 0.2) is 0 Å². The SMILES string of the molecule is CC[C@H]1OC(=O)C(C)[C@@H](C2C[C@@](C)(OC)[C@@H](O)[C@H](C)O2)[C@H](C)C[C@](C#CO[C@H]2C[C@@H](N(C)CCc3cn(C[C@@H]4CCCN4Cc4ccc([N+](=O)[O-])cc4)nn3)C[C@@H](C)O2)(OC)C[C@@H](C)C(=O)[C@H](C)[C@@H](O)[C@]1(C)O. The largest absolute Gasteiger partial charge is 0.459 e. The van der Waals surface area contributed by atoms with Gasteiger partial charge in [0.25, 0.3) is 5.69 Å². The first-order chi connectivity index (χ1) is 34.4. The number of rotatable bonds is 14. The van der Waals surface area contributed by atoms with Crippen LogP contribution in [-0.2, 0) is 57.5 Å². The molecule has 5 heterocycles. The lowest BCUT2D eigenvalue weighted by molar-refractivity contribution is -0.384. The molecule has 19 nitrogen and oxygen atoms in total. The van der Waals surface area contributed by atoms with E-state index in [0.29, 0.717) is 19.4 Å². The van der Waals surface area contributed by atoms with Gasteiger partial charge in [-0.2, -0.15) is 0 Å². The van der Waals surface area contributed by atoms with Gasteiger partial charge in [-0.05, 0) is 97.2 Å². The number of likely N-dealkylation sites (tertiary alicyclic amines) is 1. The lowest BCUT2D eigenvalue weighted by atomic mass is 9.69. The maximum absolute atomic E-state index is 14.3. The highest BCUT2D eigenvalue weighted by Crippen LogP contribution is 2.44. The Morgan fingerprint density at radius 3 is 2.34 bits per heavy atom. The maximum Gasteiger partial charge on any atom is 0.309 e. The fourth-order valence-electron chi connectivity index (χ4n) is 12.2. The quantitative estimate of drug-likeness (QED) is 0.0920. The van der Waals surface area contributed by atoms with Crippen molar-refractivity contribution in [1.29, 1.82) is 0 Å². The summed E-state index contributed by atoms with van der Waals surface area (Å²) >= 11 is 0. The van der Waals surface area contributed by atoms with Crippen LogP contribution in [0.25, 0.3) is 0 Å². The minimum Gasteiger partial charge on any atom is -0.459 e. The molecule has 4 fully saturated rings. The average molecular weight is 1030 g/mol. The first-order valence-electron chi connectivity index (χ1n) is 26.4. The molecule has 4 aliphatic rings. The molecule has 2 aromatic rings. The van der Waals surface area contributed by atoms with Crippen molar-refractivity contribution in [2.45, 2.75) is 205 Å². The predicted octanol–water partition coefficient (Wildman–Crippen LogP) is 5.48. The Kier molecular flexibility index (Phi) is 19.7. The van der Waals surface area contributed by atoms with Crippen LogP contribution in [0.15, 0.2) is 30.5 Å². The van der Waals surface area contributed by atoms with E-state index in [-0.39, 0.29) is 66.2 Å². The third-order valence-electron chi connectivity index (χ3n) is 16.8. The van der Waals surface area contributed by atoms with E-state index in [4.69, 9.17) is 28.4 Å². The second-order valence-corrected chi connectivity index (χ2v) is 22.3. The number of nitro groups is 1. The second kappa shape index (κ2) is 24.7. The molecule has 0 bridgehead atoms. The van der Waals surface area contributed by atoms with Crippen LogP contribution >= 0.6 is 0 Å². The van der Waals surface area contributed by atoms with Crippen LogP contribution in [-0.4, -0.2) is 163 Å².